The Bertz CT molecular complexity index is 13.5. The predicted octanol–water partition coefficient (Wildman–Crippen LogP) is 0.724. The second-order valence-corrected chi connectivity index (χ2v) is 0.120. The quantitative estimate of drug-likeness (QED) is 0.370. The fraction of sp³-hybridized carbons (Fsp3) is 0. The van der Waals surface area contributed by atoms with Gasteiger partial charge in [-0.2, -0.15) is 0 Å². The van der Waals surface area contributed by atoms with Gasteiger partial charge in [0.25, 0.3) is 0 Å². The van der Waals surface area contributed by atoms with E-state index in [0.717, 1.165) is 0 Å². The van der Waals surface area contributed by atoms with E-state index in [9.17, 15) is 4.48 Å². The predicted molar refractivity (Wildman–Crippen MR) is 13.2 cm³/mol. The highest BCUT2D eigenvalue weighted by Crippen LogP contribution is 1.45. The highest BCUT2D eigenvalue weighted by atomic mass is 19.2. The summed E-state index contributed by atoms with van der Waals surface area (Å²) in [4.78, 5) is 0. The van der Waals surface area contributed by atoms with Crippen LogP contribution in [0.3, 0.4) is 0 Å². The fourth-order valence-electron chi connectivity index (χ4n) is 0. The van der Waals surface area contributed by atoms with Crippen molar-refractivity contribution in [1.29, 1.82) is 0 Å². The highest BCUT2D eigenvalue weighted by molar-refractivity contribution is 5.20. The normalized spacial score (nSPS) is 3.25. The van der Waals surface area contributed by atoms with E-state index in [1.54, 1.807) is 5.21 Å². The third-order valence-corrected chi connectivity index (χ3v) is 0. The molecule has 0 aliphatic carbocycles. The van der Waals surface area contributed by atoms with Gasteiger partial charge in [0.2, 0.25) is 0 Å². The minimum Gasteiger partial charge on any atom is -0.269 e. The Balaban J connectivity index is 0. The monoisotopic (exact) mass is 67.0 g/mol. The molecule has 0 atom stereocenters. The van der Waals surface area contributed by atoms with Crippen LogP contribution >= 0.6 is 0 Å². The number of halogens is 2. The summed E-state index contributed by atoms with van der Waals surface area (Å²) in [6.45, 7) is 2.44. The van der Waals surface area contributed by atoms with Crippen LogP contribution in [0, 0.1) is 0 Å². The van der Waals surface area contributed by atoms with Crippen LogP contribution in [0.25, 0.3) is 0 Å². The lowest BCUT2D eigenvalue weighted by Gasteiger charge is -1.30. The summed E-state index contributed by atoms with van der Waals surface area (Å²) in [5.41, 5.74) is 0. The molecule has 0 aromatic heterocycles. The Hall–Kier alpha value is -0.470. The average Bonchev–Trinajstić information content (AvgIpc) is 0.918. The lowest BCUT2D eigenvalue weighted by atomic mass is 11.8. The number of hydrogen-bond acceptors (Lipinski definition) is 1. The molecule has 4 heavy (non-hydrogen) atoms. The van der Waals surface area contributed by atoms with Gasteiger partial charge in [0, 0.05) is 6.72 Å². The Morgan fingerprint density at radius 1 is 1.75 bits per heavy atom. The Kier molecular flexibility index (Phi) is 50.9. The maximum Gasteiger partial charge on any atom is 0.0236 e. The van der Waals surface area contributed by atoms with Gasteiger partial charge in [-0.15, -0.1) is 5.21 Å². The third kappa shape index (κ3) is 1.95. The summed E-state index contributed by atoms with van der Waals surface area (Å²) in [7, 11) is 0. The zero-order chi connectivity index (χ0) is 2.71. The van der Waals surface area contributed by atoms with Crippen molar-refractivity contribution in [3.63, 3.8) is 0 Å². The van der Waals surface area contributed by atoms with Crippen LogP contribution in [0.15, 0.2) is 5.21 Å². The van der Waals surface area contributed by atoms with E-state index in [1.807, 2.05) is 0 Å². The van der Waals surface area contributed by atoms with Crippen LogP contribution in [0.2, 0.25) is 0 Å². The first-order chi connectivity index (χ1) is 1.41. The molecule has 0 N–H and O–H groups in total. The van der Waals surface area contributed by atoms with Crippen LogP contribution in [-0.4, -0.2) is 6.72 Å². The molecule has 3 heteroatoms. The second kappa shape index (κ2) is 21.1. The zero-order valence-corrected chi connectivity index (χ0v) is 1.94. The van der Waals surface area contributed by atoms with Gasteiger partial charge >= 0.3 is 0 Å². The van der Waals surface area contributed by atoms with Crippen LogP contribution in [0.5, 0.6) is 0 Å². The Morgan fingerprint density at radius 2 is 1.75 bits per heavy atom. The molecule has 0 amide bonds. The summed E-state index contributed by atoms with van der Waals surface area (Å²) in [6, 6.07) is 0. The molecule has 0 aromatic rings. The van der Waals surface area contributed by atoms with Crippen LogP contribution in [-0.2, 0) is 0 Å². The minimum atomic E-state index is 0. The van der Waals surface area contributed by atoms with Gasteiger partial charge in [-0.25, -0.2) is 0 Å². The van der Waals surface area contributed by atoms with E-state index < -0.39 is 0 Å². The first-order valence-corrected chi connectivity index (χ1v) is 0.485. The fourth-order valence-corrected chi connectivity index (χ4v) is 0. The Morgan fingerprint density at radius 3 is 1.75 bits per heavy atom. The minimum absolute atomic E-state index is 0. The molecule has 0 spiro atoms. The van der Waals surface area contributed by atoms with E-state index >= 15 is 0 Å². The molecule has 0 heterocycles. The van der Waals surface area contributed by atoms with Crippen molar-refractivity contribution >= 4 is 6.72 Å². The van der Waals surface area contributed by atoms with Crippen LogP contribution in [0.1, 0.15) is 0 Å². The summed E-state index contributed by atoms with van der Waals surface area (Å²) in [6.07, 6.45) is 0. The molecule has 0 saturated carbocycles. The van der Waals surface area contributed by atoms with Crippen molar-refractivity contribution in [2.45, 2.75) is 0 Å². The smallest absolute Gasteiger partial charge is 0.0236 e. The highest BCUT2D eigenvalue weighted by Gasteiger charge is 1.15. The molecule has 1 nitrogen and oxygen atoms in total. The van der Waals surface area contributed by atoms with Gasteiger partial charge in [0.05, 0.1) is 0 Å². The average molecular weight is 67.0 g/mol. The van der Waals surface area contributed by atoms with Gasteiger partial charge in [-0.05, 0) is 0 Å². The van der Waals surface area contributed by atoms with Crippen LogP contribution < -0.4 is 0 Å². The molecule has 0 fully saturated rings. The van der Waals surface area contributed by atoms with Crippen molar-refractivity contribution in [3.05, 3.63) is 0 Å². The zero-order valence-electron chi connectivity index (χ0n) is 1.94. The summed E-state index contributed by atoms with van der Waals surface area (Å²) in [5, 5.41) is 1.75. The summed E-state index contributed by atoms with van der Waals surface area (Å²) >= 11 is 0. The number of nitrogens with zero attached hydrogens (tertiary/aromatic N) is 1. The molecule has 0 rings (SSSR count). The van der Waals surface area contributed by atoms with Crippen molar-refractivity contribution in [2.24, 2.45) is 5.21 Å². The van der Waals surface area contributed by atoms with Crippen molar-refractivity contribution in [1.82, 2.24) is 0 Å². The van der Waals surface area contributed by atoms with Crippen molar-refractivity contribution < 1.29 is 9.19 Å². The van der Waals surface area contributed by atoms with Crippen molar-refractivity contribution in [3.8, 4) is 0 Å². The molecule has 0 aliphatic heterocycles. The van der Waals surface area contributed by atoms with Gasteiger partial charge in [0.15, 0.2) is 0 Å². The molecule has 0 saturated heterocycles. The van der Waals surface area contributed by atoms with Crippen molar-refractivity contribution in [2.75, 3.05) is 0 Å². The maximum absolute atomic E-state index is 9.81. The van der Waals surface area contributed by atoms with Gasteiger partial charge in [0.1, 0.15) is 0 Å². The van der Waals surface area contributed by atoms with E-state index in [0.29, 0.717) is 0 Å². The second-order valence-electron chi connectivity index (χ2n) is 0.120. The Labute approximate surface area is 22.5 Å². The number of rotatable bonds is 0. The summed E-state index contributed by atoms with van der Waals surface area (Å²) in [5.74, 6) is 0. The number of hydrogen-bond donors (Lipinski definition) is 0. The topological polar surface area (TPSA) is 12.4 Å². The lowest BCUT2D eigenvalue weighted by molar-refractivity contribution is 0.544. The van der Waals surface area contributed by atoms with E-state index in [-0.39, 0.29) is 4.70 Å². The standard InChI is InChI=1S/CH2FN.FH/c1-3-2;/h1H2;1H. The molecule has 0 aliphatic rings. The SMILES string of the molecule is C=NF.F. The van der Waals surface area contributed by atoms with E-state index in [2.05, 4.69) is 6.72 Å². The van der Waals surface area contributed by atoms with Gasteiger partial charge in [-0.1, -0.05) is 4.48 Å². The molecular formula is CH3F2N. The third-order valence-electron chi connectivity index (χ3n) is 0. The maximum atomic E-state index is 9.81. The molecule has 0 unspecified atom stereocenters. The molecular weight excluding hydrogens is 64.0 g/mol. The van der Waals surface area contributed by atoms with Gasteiger partial charge < -0.3 is 0 Å². The largest absolute Gasteiger partial charge is 0.269 e. The van der Waals surface area contributed by atoms with E-state index in [4.69, 9.17) is 0 Å². The first kappa shape index (κ1) is 9.65. The van der Waals surface area contributed by atoms with Gasteiger partial charge in [-0.3, -0.25) is 4.70 Å². The summed E-state index contributed by atoms with van der Waals surface area (Å²) < 4.78 is 9.81. The van der Waals surface area contributed by atoms with Crippen LogP contribution in [0.4, 0.5) is 9.19 Å². The molecule has 0 bridgehead atoms. The lowest BCUT2D eigenvalue weighted by Crippen LogP contribution is -1.09. The van der Waals surface area contributed by atoms with E-state index in [1.165, 1.54) is 0 Å². The molecule has 0 radical (unpaired) electrons. The first-order valence-electron chi connectivity index (χ1n) is 0.485. The molecule has 0 aromatic carbocycles. The molecule has 26 valence electrons.